The molecule has 1 heterocycles. The lowest BCUT2D eigenvalue weighted by Gasteiger charge is -2.25. The zero-order valence-corrected chi connectivity index (χ0v) is 9.28. The van der Waals surface area contributed by atoms with Crippen LogP contribution in [0.3, 0.4) is 0 Å². The molecule has 1 N–H and O–H groups in total. The molecule has 0 fully saturated rings. The van der Waals surface area contributed by atoms with E-state index in [0.717, 1.165) is 11.4 Å². The Kier molecular flexibility index (Phi) is 3.21. The van der Waals surface area contributed by atoms with Crippen LogP contribution in [0.4, 0.5) is 0 Å². The fraction of sp³-hybridized carbons (Fsp3) is 0.636. The minimum atomic E-state index is -0.375. The first kappa shape index (κ1) is 11.1. The van der Waals surface area contributed by atoms with Gasteiger partial charge in [0, 0.05) is 6.42 Å². The second-order valence-electron chi connectivity index (χ2n) is 4.75. The lowest BCUT2D eigenvalue weighted by atomic mass is 9.86. The van der Waals surface area contributed by atoms with Crippen LogP contribution in [0, 0.1) is 12.3 Å². The molecule has 0 aliphatic rings. The molecular weight excluding hydrogens is 176 g/mol. The number of hydrogen-bond acceptors (Lipinski definition) is 3. The Bertz CT molecular complexity index is 287. The second-order valence-corrected chi connectivity index (χ2v) is 4.75. The molecule has 0 aliphatic heterocycles. The summed E-state index contributed by atoms with van der Waals surface area (Å²) in [6.07, 6.45) is 0.191. The van der Waals surface area contributed by atoms with Gasteiger partial charge < -0.3 is 5.11 Å². The lowest BCUT2D eigenvalue weighted by molar-refractivity contribution is 0.0626. The second kappa shape index (κ2) is 4.05. The first-order chi connectivity index (χ1) is 6.39. The van der Waals surface area contributed by atoms with Crippen LogP contribution in [0.2, 0.25) is 0 Å². The standard InChI is InChI=1S/C11H18N2O/c1-8-5-6-9(13-12-8)7-10(14)11(2,3)4/h5-6,10,14H,7H2,1-4H3. The predicted molar refractivity (Wildman–Crippen MR) is 55.9 cm³/mol. The Hall–Kier alpha value is -0.960. The van der Waals surface area contributed by atoms with Gasteiger partial charge in [-0.2, -0.15) is 10.2 Å². The van der Waals surface area contributed by atoms with Gasteiger partial charge in [0.05, 0.1) is 17.5 Å². The Labute approximate surface area is 85.2 Å². The molecule has 0 radical (unpaired) electrons. The summed E-state index contributed by atoms with van der Waals surface area (Å²) in [6, 6.07) is 3.83. The summed E-state index contributed by atoms with van der Waals surface area (Å²) in [5, 5.41) is 17.8. The molecule has 0 saturated heterocycles. The van der Waals surface area contributed by atoms with E-state index < -0.39 is 0 Å². The number of aromatic nitrogens is 2. The highest BCUT2D eigenvalue weighted by atomic mass is 16.3. The van der Waals surface area contributed by atoms with Gasteiger partial charge in [-0.15, -0.1) is 0 Å². The zero-order chi connectivity index (χ0) is 10.8. The van der Waals surface area contributed by atoms with Crippen LogP contribution in [0.5, 0.6) is 0 Å². The number of hydrogen-bond donors (Lipinski definition) is 1. The highest BCUT2D eigenvalue weighted by Gasteiger charge is 2.22. The van der Waals surface area contributed by atoms with Gasteiger partial charge in [-0.1, -0.05) is 20.8 Å². The van der Waals surface area contributed by atoms with Gasteiger partial charge >= 0.3 is 0 Å². The van der Waals surface area contributed by atoms with E-state index in [9.17, 15) is 5.11 Å². The van der Waals surface area contributed by atoms with E-state index in [4.69, 9.17) is 0 Å². The molecule has 3 nitrogen and oxygen atoms in total. The maximum absolute atomic E-state index is 9.84. The van der Waals surface area contributed by atoms with Crippen LogP contribution in [0.25, 0.3) is 0 Å². The van der Waals surface area contributed by atoms with Crippen molar-refractivity contribution >= 4 is 0 Å². The normalized spacial score (nSPS) is 14.1. The van der Waals surface area contributed by atoms with Gasteiger partial charge in [-0.25, -0.2) is 0 Å². The van der Waals surface area contributed by atoms with Crippen molar-refractivity contribution in [3.63, 3.8) is 0 Å². The van der Waals surface area contributed by atoms with E-state index in [0.29, 0.717) is 6.42 Å². The Balaban J connectivity index is 2.65. The topological polar surface area (TPSA) is 46.0 Å². The number of rotatable bonds is 2. The van der Waals surface area contributed by atoms with E-state index in [1.165, 1.54) is 0 Å². The molecule has 1 aromatic heterocycles. The van der Waals surface area contributed by atoms with E-state index in [2.05, 4.69) is 10.2 Å². The van der Waals surface area contributed by atoms with Gasteiger partial charge in [0.15, 0.2) is 0 Å². The maximum atomic E-state index is 9.84. The van der Waals surface area contributed by atoms with Crippen LogP contribution in [0.1, 0.15) is 32.2 Å². The molecule has 1 atom stereocenters. The van der Waals surface area contributed by atoms with Gasteiger partial charge in [-0.05, 0) is 24.5 Å². The smallest absolute Gasteiger partial charge is 0.0657 e. The molecule has 0 saturated carbocycles. The molecule has 0 bridgehead atoms. The van der Waals surface area contributed by atoms with Crippen molar-refractivity contribution in [2.45, 2.75) is 40.2 Å². The number of aliphatic hydroxyl groups excluding tert-OH is 1. The molecule has 0 amide bonds. The summed E-state index contributed by atoms with van der Waals surface area (Å²) in [7, 11) is 0. The molecule has 78 valence electrons. The maximum Gasteiger partial charge on any atom is 0.0657 e. The Morgan fingerprint density at radius 3 is 2.36 bits per heavy atom. The Morgan fingerprint density at radius 2 is 1.93 bits per heavy atom. The fourth-order valence-electron chi connectivity index (χ4n) is 1.04. The molecule has 0 aromatic carbocycles. The summed E-state index contributed by atoms with van der Waals surface area (Å²) < 4.78 is 0. The fourth-order valence-corrected chi connectivity index (χ4v) is 1.04. The van der Waals surface area contributed by atoms with Gasteiger partial charge in [0.25, 0.3) is 0 Å². The van der Waals surface area contributed by atoms with Crippen LogP contribution in [-0.2, 0) is 6.42 Å². The van der Waals surface area contributed by atoms with E-state index >= 15 is 0 Å². The molecule has 1 rings (SSSR count). The minimum absolute atomic E-state index is 0.105. The van der Waals surface area contributed by atoms with Crippen molar-refractivity contribution in [3.8, 4) is 0 Å². The number of aliphatic hydroxyl groups is 1. The third-order valence-electron chi connectivity index (χ3n) is 2.26. The van der Waals surface area contributed by atoms with Gasteiger partial charge in [0.1, 0.15) is 0 Å². The summed E-state index contributed by atoms with van der Waals surface area (Å²) in [5.74, 6) is 0. The molecule has 0 spiro atoms. The average Bonchev–Trinajstić information content (AvgIpc) is 2.07. The largest absolute Gasteiger partial charge is 0.392 e. The minimum Gasteiger partial charge on any atom is -0.392 e. The molecule has 1 unspecified atom stereocenters. The van der Waals surface area contributed by atoms with E-state index in [1.54, 1.807) is 0 Å². The zero-order valence-electron chi connectivity index (χ0n) is 9.28. The van der Waals surface area contributed by atoms with Crippen molar-refractivity contribution in [2.24, 2.45) is 5.41 Å². The molecule has 1 aromatic rings. The van der Waals surface area contributed by atoms with Crippen molar-refractivity contribution in [1.82, 2.24) is 10.2 Å². The van der Waals surface area contributed by atoms with E-state index in [-0.39, 0.29) is 11.5 Å². The first-order valence-electron chi connectivity index (χ1n) is 4.87. The van der Waals surface area contributed by atoms with Crippen molar-refractivity contribution < 1.29 is 5.11 Å². The SMILES string of the molecule is Cc1ccc(CC(O)C(C)(C)C)nn1. The predicted octanol–water partition coefficient (Wildman–Crippen LogP) is 1.73. The third kappa shape index (κ3) is 3.07. The number of aryl methyl sites for hydroxylation is 1. The van der Waals surface area contributed by atoms with Crippen LogP contribution >= 0.6 is 0 Å². The number of nitrogens with zero attached hydrogens (tertiary/aromatic N) is 2. The highest BCUT2D eigenvalue weighted by Crippen LogP contribution is 2.21. The van der Waals surface area contributed by atoms with Crippen LogP contribution < -0.4 is 0 Å². The van der Waals surface area contributed by atoms with E-state index in [1.807, 2.05) is 39.8 Å². The summed E-state index contributed by atoms with van der Waals surface area (Å²) in [5.41, 5.74) is 1.64. The monoisotopic (exact) mass is 194 g/mol. The first-order valence-corrected chi connectivity index (χ1v) is 4.87. The summed E-state index contributed by atoms with van der Waals surface area (Å²) >= 11 is 0. The molecule has 14 heavy (non-hydrogen) atoms. The third-order valence-corrected chi connectivity index (χ3v) is 2.26. The highest BCUT2D eigenvalue weighted by molar-refractivity contribution is 5.06. The van der Waals surface area contributed by atoms with Crippen LogP contribution in [-0.4, -0.2) is 21.4 Å². The van der Waals surface area contributed by atoms with Gasteiger partial charge in [-0.3, -0.25) is 0 Å². The van der Waals surface area contributed by atoms with Gasteiger partial charge in [0.2, 0.25) is 0 Å². The van der Waals surface area contributed by atoms with Crippen molar-refractivity contribution in [2.75, 3.05) is 0 Å². The molecular formula is C11H18N2O. The Morgan fingerprint density at radius 1 is 1.29 bits per heavy atom. The average molecular weight is 194 g/mol. The summed E-state index contributed by atoms with van der Waals surface area (Å²) in [6.45, 7) is 7.94. The van der Waals surface area contributed by atoms with Crippen molar-refractivity contribution in [1.29, 1.82) is 0 Å². The van der Waals surface area contributed by atoms with Crippen LogP contribution in [0.15, 0.2) is 12.1 Å². The molecule has 3 heteroatoms. The quantitative estimate of drug-likeness (QED) is 0.780. The summed E-state index contributed by atoms with van der Waals surface area (Å²) in [4.78, 5) is 0. The molecule has 0 aliphatic carbocycles. The lowest BCUT2D eigenvalue weighted by Crippen LogP contribution is -2.28. The van der Waals surface area contributed by atoms with Crippen molar-refractivity contribution in [3.05, 3.63) is 23.5 Å².